The van der Waals surface area contributed by atoms with Gasteiger partial charge in [-0.3, -0.25) is 10.4 Å². The molecule has 0 amide bonds. The molecule has 90 valence electrons. The number of allylic oxidation sites excluding steroid dienone is 2. The zero-order chi connectivity index (χ0) is 12.1. The highest BCUT2D eigenvalue weighted by atomic mass is 15.5. The Bertz CT molecular complexity index is 404. The average Bonchev–Trinajstić information content (AvgIpc) is 2.38. The van der Waals surface area contributed by atoms with Crippen LogP contribution in [0.15, 0.2) is 48.7 Å². The van der Waals surface area contributed by atoms with Gasteiger partial charge in [0.1, 0.15) is 0 Å². The fourth-order valence-corrected chi connectivity index (χ4v) is 1.78. The molecule has 1 aliphatic rings. The Balaban J connectivity index is 1.98. The lowest BCUT2D eigenvalue weighted by molar-refractivity contribution is 0.299. The summed E-state index contributed by atoms with van der Waals surface area (Å²) in [5, 5.41) is 2.16. The molecule has 0 fully saturated rings. The second-order valence-corrected chi connectivity index (χ2v) is 4.78. The van der Waals surface area contributed by atoms with Crippen LogP contribution in [0.1, 0.15) is 25.8 Å². The summed E-state index contributed by atoms with van der Waals surface area (Å²) in [6, 6.07) is 10.4. The topological polar surface area (TPSA) is 15.3 Å². The molecule has 0 aromatic heterocycles. The first kappa shape index (κ1) is 11.8. The van der Waals surface area contributed by atoms with Crippen molar-refractivity contribution >= 4 is 5.70 Å². The van der Waals surface area contributed by atoms with E-state index < -0.39 is 0 Å². The average molecular weight is 228 g/mol. The first-order valence-corrected chi connectivity index (χ1v) is 6.23. The van der Waals surface area contributed by atoms with Crippen molar-refractivity contribution in [2.75, 3.05) is 6.54 Å². The molecule has 0 unspecified atom stereocenters. The minimum absolute atomic E-state index is 0.733. The van der Waals surface area contributed by atoms with Crippen molar-refractivity contribution in [1.82, 2.24) is 10.4 Å². The van der Waals surface area contributed by atoms with Gasteiger partial charge in [0.05, 0.1) is 5.70 Å². The van der Waals surface area contributed by atoms with Gasteiger partial charge in [-0.1, -0.05) is 44.2 Å². The number of nitrogens with zero attached hydrogens (tertiary/aromatic N) is 1. The molecule has 0 atom stereocenters. The molecule has 0 bridgehead atoms. The summed E-state index contributed by atoms with van der Waals surface area (Å²) in [5.74, 6) is 0.733. The van der Waals surface area contributed by atoms with Crippen LogP contribution in [-0.2, 0) is 0 Å². The van der Waals surface area contributed by atoms with Gasteiger partial charge in [-0.15, -0.1) is 0 Å². The van der Waals surface area contributed by atoms with Crippen LogP contribution in [0, 0.1) is 5.92 Å². The van der Waals surface area contributed by atoms with Crippen LogP contribution in [0.3, 0.4) is 0 Å². The van der Waals surface area contributed by atoms with Crippen molar-refractivity contribution in [3.8, 4) is 0 Å². The van der Waals surface area contributed by atoms with Gasteiger partial charge < -0.3 is 0 Å². The molecule has 2 rings (SSSR count). The van der Waals surface area contributed by atoms with E-state index in [0.717, 1.165) is 18.2 Å². The molecule has 2 heteroatoms. The minimum Gasteiger partial charge on any atom is -0.298 e. The quantitative estimate of drug-likeness (QED) is 0.849. The van der Waals surface area contributed by atoms with Gasteiger partial charge in [0.15, 0.2) is 0 Å². The second kappa shape index (κ2) is 5.58. The number of rotatable bonds is 4. The monoisotopic (exact) mass is 228 g/mol. The second-order valence-electron chi connectivity index (χ2n) is 4.78. The summed E-state index contributed by atoms with van der Waals surface area (Å²) in [5.41, 5.74) is 5.82. The maximum absolute atomic E-state index is 3.43. The molecule has 0 aliphatic carbocycles. The van der Waals surface area contributed by atoms with E-state index in [9.17, 15) is 0 Å². The summed E-state index contributed by atoms with van der Waals surface area (Å²) >= 11 is 0. The number of hydrogen-bond donors (Lipinski definition) is 1. The van der Waals surface area contributed by atoms with Crippen LogP contribution in [0.25, 0.3) is 5.70 Å². The molecule has 0 saturated heterocycles. The highest BCUT2D eigenvalue weighted by Crippen LogP contribution is 2.15. The Kier molecular flexibility index (Phi) is 3.86. The zero-order valence-electron chi connectivity index (χ0n) is 10.6. The number of benzene rings is 1. The van der Waals surface area contributed by atoms with Crippen molar-refractivity contribution in [3.63, 3.8) is 0 Å². The van der Waals surface area contributed by atoms with Crippen LogP contribution in [0.5, 0.6) is 0 Å². The van der Waals surface area contributed by atoms with Crippen molar-refractivity contribution in [1.29, 1.82) is 0 Å². The molecule has 1 aromatic carbocycles. The molecule has 0 radical (unpaired) electrons. The highest BCUT2D eigenvalue weighted by molar-refractivity contribution is 5.65. The largest absolute Gasteiger partial charge is 0.298 e. The first-order valence-electron chi connectivity index (χ1n) is 6.23. The third-order valence-electron chi connectivity index (χ3n) is 2.83. The Labute approximate surface area is 104 Å². The first-order chi connectivity index (χ1) is 8.25. The minimum atomic E-state index is 0.733. The third-order valence-corrected chi connectivity index (χ3v) is 2.83. The molecule has 2 nitrogen and oxygen atoms in total. The van der Waals surface area contributed by atoms with E-state index in [1.807, 2.05) is 6.07 Å². The predicted molar refractivity (Wildman–Crippen MR) is 72.9 cm³/mol. The van der Waals surface area contributed by atoms with E-state index in [1.165, 1.54) is 12.0 Å². The molecular weight excluding hydrogens is 208 g/mol. The van der Waals surface area contributed by atoms with E-state index >= 15 is 0 Å². The molecule has 0 spiro atoms. The molecule has 1 aromatic rings. The highest BCUT2D eigenvalue weighted by Gasteiger charge is 2.08. The maximum Gasteiger partial charge on any atom is 0.0614 e. The van der Waals surface area contributed by atoms with Gasteiger partial charge in [-0.25, -0.2) is 0 Å². The summed E-state index contributed by atoms with van der Waals surface area (Å²) in [6.45, 7) is 5.54. The Morgan fingerprint density at radius 1 is 1.18 bits per heavy atom. The van der Waals surface area contributed by atoms with E-state index in [1.54, 1.807) is 0 Å². The molecule has 17 heavy (non-hydrogen) atoms. The Morgan fingerprint density at radius 2 is 1.94 bits per heavy atom. The molecule has 0 saturated carbocycles. The van der Waals surface area contributed by atoms with Crippen LogP contribution in [0.2, 0.25) is 0 Å². The smallest absolute Gasteiger partial charge is 0.0614 e. The number of hydrogen-bond acceptors (Lipinski definition) is 2. The maximum atomic E-state index is 3.43. The number of nitrogens with one attached hydrogen (secondary N) is 1. The lowest BCUT2D eigenvalue weighted by Gasteiger charge is -2.27. The summed E-state index contributed by atoms with van der Waals surface area (Å²) in [7, 11) is 0. The standard InChI is InChI=1S/C15H20N2/c1-13(2)10-12-17-11-6-9-15(16-17)14-7-4-3-5-8-14/h3-9,11,13,16H,10,12H2,1-2H3. The summed E-state index contributed by atoms with van der Waals surface area (Å²) in [4.78, 5) is 0. The van der Waals surface area contributed by atoms with E-state index in [4.69, 9.17) is 0 Å². The third kappa shape index (κ3) is 3.38. The zero-order valence-corrected chi connectivity index (χ0v) is 10.6. The summed E-state index contributed by atoms with van der Waals surface area (Å²) in [6.07, 6.45) is 7.49. The van der Waals surface area contributed by atoms with Crippen LogP contribution >= 0.6 is 0 Å². The lowest BCUT2D eigenvalue weighted by atomic mass is 10.1. The van der Waals surface area contributed by atoms with Gasteiger partial charge >= 0.3 is 0 Å². The van der Waals surface area contributed by atoms with E-state index in [-0.39, 0.29) is 0 Å². The van der Waals surface area contributed by atoms with Gasteiger partial charge in [0.25, 0.3) is 0 Å². The van der Waals surface area contributed by atoms with Gasteiger partial charge in [0, 0.05) is 12.7 Å². The fraction of sp³-hybridized carbons (Fsp3) is 0.333. The van der Waals surface area contributed by atoms with Gasteiger partial charge in [-0.05, 0) is 30.1 Å². The Hall–Kier alpha value is -1.70. The van der Waals surface area contributed by atoms with E-state index in [0.29, 0.717) is 0 Å². The Morgan fingerprint density at radius 3 is 2.65 bits per heavy atom. The normalized spacial score (nSPS) is 14.8. The van der Waals surface area contributed by atoms with Gasteiger partial charge in [0.2, 0.25) is 0 Å². The van der Waals surface area contributed by atoms with Crippen LogP contribution < -0.4 is 5.43 Å². The van der Waals surface area contributed by atoms with Crippen molar-refractivity contribution in [2.24, 2.45) is 5.92 Å². The molecular formula is C15H20N2. The number of hydrazine groups is 1. The molecule has 1 heterocycles. The lowest BCUT2D eigenvalue weighted by Crippen LogP contribution is -2.34. The molecule has 1 N–H and O–H groups in total. The fourth-order valence-electron chi connectivity index (χ4n) is 1.78. The van der Waals surface area contributed by atoms with E-state index in [2.05, 4.69) is 66.9 Å². The van der Waals surface area contributed by atoms with Gasteiger partial charge in [-0.2, -0.15) is 0 Å². The van der Waals surface area contributed by atoms with Crippen molar-refractivity contribution < 1.29 is 0 Å². The van der Waals surface area contributed by atoms with Crippen molar-refractivity contribution in [2.45, 2.75) is 20.3 Å². The molecule has 1 aliphatic heterocycles. The predicted octanol–water partition coefficient (Wildman–Crippen LogP) is 3.41. The van der Waals surface area contributed by atoms with Crippen molar-refractivity contribution in [3.05, 3.63) is 54.2 Å². The SMILES string of the molecule is CC(C)CCN1C=CC=C(c2ccccc2)N1. The van der Waals surface area contributed by atoms with Crippen LogP contribution in [-0.4, -0.2) is 11.6 Å². The van der Waals surface area contributed by atoms with Crippen LogP contribution in [0.4, 0.5) is 0 Å². The summed E-state index contributed by atoms with van der Waals surface area (Å²) < 4.78 is 0.